The second-order valence-electron chi connectivity index (χ2n) is 8.11. The SMILES string of the molecule is CN1CCN(c2ccc(-c3nn(C)cc3NC(=O)c3cccc(-c4cn[nH]c4)n3)nc2)CC1. The molecular formula is C23H25N9O. The van der Waals surface area contributed by atoms with Crippen molar-refractivity contribution >= 4 is 17.3 Å². The number of pyridine rings is 2. The second kappa shape index (κ2) is 8.83. The summed E-state index contributed by atoms with van der Waals surface area (Å²) in [5.41, 5.74) is 4.78. The molecule has 0 spiro atoms. The first-order valence-corrected chi connectivity index (χ1v) is 10.8. The number of carbonyl (C=O) groups is 1. The van der Waals surface area contributed by atoms with E-state index in [1.165, 1.54) is 0 Å². The van der Waals surface area contributed by atoms with Crippen LogP contribution < -0.4 is 10.2 Å². The number of aromatic nitrogens is 6. The smallest absolute Gasteiger partial charge is 0.274 e. The first kappa shape index (κ1) is 20.8. The van der Waals surface area contributed by atoms with Crippen LogP contribution >= 0.6 is 0 Å². The quantitative estimate of drug-likeness (QED) is 0.487. The highest BCUT2D eigenvalue weighted by Gasteiger charge is 2.18. The van der Waals surface area contributed by atoms with Crippen molar-refractivity contribution in [1.29, 1.82) is 0 Å². The highest BCUT2D eigenvalue weighted by molar-refractivity contribution is 6.04. The normalized spacial score (nSPS) is 14.4. The van der Waals surface area contributed by atoms with Crippen molar-refractivity contribution in [2.75, 3.05) is 43.4 Å². The number of aryl methyl sites for hydroxylation is 1. The standard InChI is InChI=1S/C23H25N9O/c1-30-8-10-32(11-9-30)17-6-7-19(24-14-17)22-21(15-31(2)29-22)28-23(33)20-5-3-4-18(27-20)16-12-25-26-13-16/h3-7,12-15H,8-11H2,1-2H3,(H,25,26)(H,28,33). The number of hydrogen-bond acceptors (Lipinski definition) is 7. The van der Waals surface area contributed by atoms with Crippen molar-refractivity contribution < 1.29 is 4.79 Å². The second-order valence-corrected chi connectivity index (χ2v) is 8.11. The van der Waals surface area contributed by atoms with Gasteiger partial charge in [0, 0.05) is 51.2 Å². The molecule has 0 radical (unpaired) electrons. The van der Waals surface area contributed by atoms with Crippen LogP contribution in [0.5, 0.6) is 0 Å². The zero-order chi connectivity index (χ0) is 22.8. The van der Waals surface area contributed by atoms with Gasteiger partial charge in [-0.1, -0.05) is 6.07 Å². The Morgan fingerprint density at radius 3 is 2.61 bits per heavy atom. The Kier molecular flexibility index (Phi) is 5.57. The van der Waals surface area contributed by atoms with Gasteiger partial charge in [-0.25, -0.2) is 4.98 Å². The minimum absolute atomic E-state index is 0.307. The number of nitrogens with one attached hydrogen (secondary N) is 2. The fraction of sp³-hybridized carbons (Fsp3) is 0.261. The summed E-state index contributed by atoms with van der Waals surface area (Å²) in [5.74, 6) is -0.316. The van der Waals surface area contributed by atoms with Gasteiger partial charge in [0.25, 0.3) is 5.91 Å². The van der Waals surface area contributed by atoms with E-state index in [9.17, 15) is 4.79 Å². The van der Waals surface area contributed by atoms with Crippen LogP contribution in [0.15, 0.2) is 55.1 Å². The van der Waals surface area contributed by atoms with Crippen molar-refractivity contribution in [2.45, 2.75) is 0 Å². The minimum atomic E-state index is -0.316. The molecule has 1 fully saturated rings. The lowest BCUT2D eigenvalue weighted by Gasteiger charge is -2.33. The Bertz CT molecular complexity index is 1240. The minimum Gasteiger partial charge on any atom is -0.368 e. The van der Waals surface area contributed by atoms with Gasteiger partial charge in [-0.3, -0.25) is 19.6 Å². The van der Waals surface area contributed by atoms with Crippen LogP contribution in [0.25, 0.3) is 22.6 Å². The van der Waals surface area contributed by atoms with E-state index < -0.39 is 0 Å². The lowest BCUT2D eigenvalue weighted by molar-refractivity contribution is 0.102. The van der Waals surface area contributed by atoms with Gasteiger partial charge >= 0.3 is 0 Å². The first-order chi connectivity index (χ1) is 16.1. The van der Waals surface area contributed by atoms with Crippen molar-refractivity contribution in [2.24, 2.45) is 7.05 Å². The first-order valence-electron chi connectivity index (χ1n) is 10.8. The largest absolute Gasteiger partial charge is 0.368 e. The molecule has 168 valence electrons. The molecule has 5 rings (SSSR count). The van der Waals surface area contributed by atoms with Crippen molar-refractivity contribution in [3.63, 3.8) is 0 Å². The highest BCUT2D eigenvalue weighted by Crippen LogP contribution is 2.27. The third-order valence-electron chi connectivity index (χ3n) is 5.71. The highest BCUT2D eigenvalue weighted by atomic mass is 16.1. The number of carbonyl (C=O) groups excluding carboxylic acids is 1. The predicted octanol–water partition coefficient (Wildman–Crippen LogP) is 2.27. The van der Waals surface area contributed by atoms with E-state index in [0.29, 0.717) is 28.5 Å². The number of likely N-dealkylation sites (N-methyl/N-ethyl adjacent to an activating group) is 1. The molecular weight excluding hydrogens is 418 g/mol. The predicted molar refractivity (Wildman–Crippen MR) is 126 cm³/mol. The Morgan fingerprint density at radius 2 is 1.88 bits per heavy atom. The molecule has 0 aliphatic carbocycles. The molecule has 0 aromatic carbocycles. The zero-order valence-corrected chi connectivity index (χ0v) is 18.6. The zero-order valence-electron chi connectivity index (χ0n) is 18.6. The number of aromatic amines is 1. The number of hydrogen-bond donors (Lipinski definition) is 2. The van der Waals surface area contributed by atoms with Gasteiger partial charge < -0.3 is 15.1 Å². The summed E-state index contributed by atoms with van der Waals surface area (Å²) in [6.45, 7) is 4.03. The van der Waals surface area contributed by atoms with E-state index in [-0.39, 0.29) is 5.91 Å². The number of amides is 1. The van der Waals surface area contributed by atoms with Crippen LogP contribution in [0, 0.1) is 0 Å². The maximum atomic E-state index is 13.0. The van der Waals surface area contributed by atoms with Crippen LogP contribution in [-0.2, 0) is 7.05 Å². The average molecular weight is 444 g/mol. The Hall–Kier alpha value is -4.05. The van der Waals surface area contributed by atoms with E-state index in [4.69, 9.17) is 0 Å². The summed E-state index contributed by atoms with van der Waals surface area (Å²) in [6.07, 6.45) is 7.04. The molecule has 1 saturated heterocycles. The van der Waals surface area contributed by atoms with Gasteiger partial charge in [0.05, 0.1) is 35.2 Å². The van der Waals surface area contributed by atoms with Gasteiger partial charge in [0.15, 0.2) is 0 Å². The molecule has 2 N–H and O–H groups in total. The average Bonchev–Trinajstić information content (AvgIpc) is 3.50. The van der Waals surface area contributed by atoms with Gasteiger partial charge in [-0.2, -0.15) is 10.2 Å². The molecule has 10 nitrogen and oxygen atoms in total. The van der Waals surface area contributed by atoms with E-state index in [1.807, 2.05) is 25.4 Å². The van der Waals surface area contributed by atoms with Crippen molar-refractivity contribution in [3.8, 4) is 22.6 Å². The molecule has 33 heavy (non-hydrogen) atoms. The van der Waals surface area contributed by atoms with Crippen LogP contribution in [0.3, 0.4) is 0 Å². The molecule has 4 aromatic rings. The summed E-state index contributed by atoms with van der Waals surface area (Å²) in [4.78, 5) is 26.7. The Balaban J connectivity index is 1.35. The molecule has 0 atom stereocenters. The van der Waals surface area contributed by atoms with E-state index in [2.05, 4.69) is 53.5 Å². The number of anilines is 2. The van der Waals surface area contributed by atoms with Crippen molar-refractivity contribution in [1.82, 2.24) is 34.8 Å². The maximum absolute atomic E-state index is 13.0. The fourth-order valence-electron chi connectivity index (χ4n) is 3.85. The van der Waals surface area contributed by atoms with Gasteiger partial charge in [-0.05, 0) is 31.3 Å². The monoisotopic (exact) mass is 443 g/mol. The van der Waals surface area contributed by atoms with E-state index in [1.54, 1.807) is 35.4 Å². The molecule has 5 heterocycles. The summed E-state index contributed by atoms with van der Waals surface area (Å²) in [6, 6.07) is 9.32. The number of H-pyrrole nitrogens is 1. The van der Waals surface area contributed by atoms with Gasteiger partial charge in [0.2, 0.25) is 0 Å². The molecule has 10 heteroatoms. The Morgan fingerprint density at radius 1 is 1.03 bits per heavy atom. The fourth-order valence-corrected chi connectivity index (χ4v) is 3.85. The van der Waals surface area contributed by atoms with Crippen LogP contribution in [0.2, 0.25) is 0 Å². The van der Waals surface area contributed by atoms with Gasteiger partial charge in [-0.15, -0.1) is 0 Å². The molecule has 1 amide bonds. The molecule has 1 aliphatic rings. The van der Waals surface area contributed by atoms with Crippen LogP contribution in [0.1, 0.15) is 10.5 Å². The number of nitrogens with zero attached hydrogens (tertiary/aromatic N) is 7. The Labute approximate surface area is 191 Å². The summed E-state index contributed by atoms with van der Waals surface area (Å²) in [7, 11) is 3.95. The maximum Gasteiger partial charge on any atom is 0.274 e. The van der Waals surface area contributed by atoms with Crippen molar-refractivity contribution in [3.05, 3.63) is 60.8 Å². The van der Waals surface area contributed by atoms with Crippen LogP contribution in [-0.4, -0.2) is 74.0 Å². The summed E-state index contributed by atoms with van der Waals surface area (Å²) < 4.78 is 1.66. The summed E-state index contributed by atoms with van der Waals surface area (Å²) in [5, 5.41) is 14.2. The third kappa shape index (κ3) is 4.46. The van der Waals surface area contributed by atoms with Gasteiger partial charge in [0.1, 0.15) is 11.4 Å². The summed E-state index contributed by atoms with van der Waals surface area (Å²) >= 11 is 0. The van der Waals surface area contributed by atoms with E-state index in [0.717, 1.165) is 37.4 Å². The third-order valence-corrected chi connectivity index (χ3v) is 5.71. The molecule has 0 bridgehead atoms. The number of rotatable bonds is 5. The van der Waals surface area contributed by atoms with Crippen LogP contribution in [0.4, 0.5) is 11.4 Å². The lowest BCUT2D eigenvalue weighted by atomic mass is 10.2. The molecule has 1 aliphatic heterocycles. The molecule has 4 aromatic heterocycles. The topological polar surface area (TPSA) is 108 Å². The molecule has 0 saturated carbocycles. The number of piperazine rings is 1. The lowest BCUT2D eigenvalue weighted by Crippen LogP contribution is -2.44. The molecule has 0 unspecified atom stereocenters. The van der Waals surface area contributed by atoms with E-state index >= 15 is 0 Å².